The summed E-state index contributed by atoms with van der Waals surface area (Å²) < 4.78 is 24.9. The van der Waals surface area contributed by atoms with Gasteiger partial charge in [-0.25, -0.2) is 14.2 Å². The predicted molar refractivity (Wildman–Crippen MR) is 84.7 cm³/mol. The first-order valence-electron chi connectivity index (χ1n) is 7.66. The monoisotopic (exact) mass is 339 g/mol. The Morgan fingerprint density at radius 2 is 2.04 bits per heavy atom. The van der Waals surface area contributed by atoms with Gasteiger partial charge in [0.1, 0.15) is 23.1 Å². The van der Waals surface area contributed by atoms with E-state index in [0.29, 0.717) is 5.75 Å². The van der Waals surface area contributed by atoms with Crippen molar-refractivity contribution in [2.45, 2.75) is 38.6 Å². The zero-order chi connectivity index (χ0) is 17.9. The van der Waals surface area contributed by atoms with Crippen LogP contribution in [0.15, 0.2) is 18.3 Å². The summed E-state index contributed by atoms with van der Waals surface area (Å²) in [6, 6.07) is 3.03. The van der Waals surface area contributed by atoms with E-state index in [0.717, 1.165) is 0 Å². The van der Waals surface area contributed by atoms with Crippen LogP contribution in [0.3, 0.4) is 0 Å². The van der Waals surface area contributed by atoms with Crippen molar-refractivity contribution in [1.29, 1.82) is 0 Å². The van der Waals surface area contributed by atoms with Crippen LogP contribution in [0, 0.1) is 0 Å². The van der Waals surface area contributed by atoms with Gasteiger partial charge in [0, 0.05) is 7.05 Å². The van der Waals surface area contributed by atoms with E-state index >= 15 is 0 Å². The largest absolute Gasteiger partial charge is 0.484 e. The van der Waals surface area contributed by atoms with Crippen LogP contribution in [0.5, 0.6) is 5.75 Å². The second kappa shape index (κ2) is 7.02. The van der Waals surface area contributed by atoms with Crippen molar-refractivity contribution in [1.82, 2.24) is 15.2 Å². The van der Waals surface area contributed by atoms with E-state index in [2.05, 4.69) is 10.3 Å². The smallest absolute Gasteiger partial charge is 0.410 e. The van der Waals surface area contributed by atoms with Gasteiger partial charge in [-0.1, -0.05) is 0 Å². The van der Waals surface area contributed by atoms with Crippen LogP contribution < -0.4 is 10.1 Å². The highest BCUT2D eigenvalue weighted by molar-refractivity contribution is 5.91. The Bertz CT molecular complexity index is 600. The third-order valence-corrected chi connectivity index (χ3v) is 3.33. The summed E-state index contributed by atoms with van der Waals surface area (Å²) >= 11 is 0. The molecule has 0 aromatic carbocycles. The molecule has 1 aromatic heterocycles. The number of carbonyl (C=O) groups excluding carboxylic acids is 2. The number of rotatable bonds is 3. The fourth-order valence-corrected chi connectivity index (χ4v) is 2.21. The molecule has 1 aromatic rings. The molecule has 2 rings (SSSR count). The number of nitrogens with one attached hydrogen (secondary N) is 1. The molecule has 0 spiro atoms. The molecule has 1 aliphatic heterocycles. The van der Waals surface area contributed by atoms with Crippen LogP contribution >= 0.6 is 0 Å². The highest BCUT2D eigenvalue weighted by Crippen LogP contribution is 2.22. The van der Waals surface area contributed by atoms with E-state index in [1.165, 1.54) is 24.2 Å². The third kappa shape index (κ3) is 4.56. The molecule has 1 N–H and O–H groups in total. The summed E-state index contributed by atoms with van der Waals surface area (Å²) in [5.41, 5.74) is -0.398. The molecule has 0 unspecified atom stereocenters. The number of amides is 2. The minimum absolute atomic E-state index is 0.0800. The lowest BCUT2D eigenvalue weighted by Crippen LogP contribution is -2.36. The van der Waals surface area contributed by atoms with Crippen molar-refractivity contribution in [2.24, 2.45) is 0 Å². The predicted octanol–water partition coefficient (Wildman–Crippen LogP) is 1.78. The SMILES string of the molecule is CNC(=O)c1ccc(O[C@H]2CN(C(=O)OC(C)(C)C)C[C@@H]2F)cn1. The fourth-order valence-electron chi connectivity index (χ4n) is 2.21. The zero-order valence-corrected chi connectivity index (χ0v) is 14.2. The summed E-state index contributed by atoms with van der Waals surface area (Å²) in [4.78, 5) is 28.6. The first-order chi connectivity index (χ1) is 11.2. The molecule has 7 nitrogen and oxygen atoms in total. The first-order valence-corrected chi connectivity index (χ1v) is 7.66. The Hall–Kier alpha value is -2.38. The number of pyridine rings is 1. The van der Waals surface area contributed by atoms with E-state index in [1.54, 1.807) is 26.8 Å². The molecule has 1 fully saturated rings. The Balaban J connectivity index is 1.96. The molecule has 0 bridgehead atoms. The normalized spacial score (nSPS) is 20.6. The van der Waals surface area contributed by atoms with E-state index in [9.17, 15) is 14.0 Å². The number of alkyl halides is 1. The molecule has 132 valence electrons. The molecule has 0 radical (unpaired) electrons. The Kier molecular flexibility index (Phi) is 5.26. The number of nitrogens with zero attached hydrogens (tertiary/aromatic N) is 2. The van der Waals surface area contributed by atoms with E-state index in [4.69, 9.17) is 9.47 Å². The maximum atomic E-state index is 14.1. The van der Waals surface area contributed by atoms with Gasteiger partial charge in [0.05, 0.1) is 19.3 Å². The van der Waals surface area contributed by atoms with Gasteiger partial charge in [-0.05, 0) is 32.9 Å². The number of aromatic nitrogens is 1. The van der Waals surface area contributed by atoms with Gasteiger partial charge in [0.2, 0.25) is 0 Å². The molecule has 2 atom stereocenters. The third-order valence-electron chi connectivity index (χ3n) is 3.33. The topological polar surface area (TPSA) is 80.8 Å². The van der Waals surface area contributed by atoms with E-state index in [-0.39, 0.29) is 24.7 Å². The zero-order valence-electron chi connectivity index (χ0n) is 14.2. The second-order valence-electron chi connectivity index (χ2n) is 6.52. The number of hydrogen-bond donors (Lipinski definition) is 1. The number of likely N-dealkylation sites (tertiary alicyclic amines) is 1. The van der Waals surface area contributed by atoms with Crippen molar-refractivity contribution in [2.75, 3.05) is 20.1 Å². The number of halogens is 1. The van der Waals surface area contributed by atoms with Gasteiger partial charge in [0.25, 0.3) is 5.91 Å². The quantitative estimate of drug-likeness (QED) is 0.908. The lowest BCUT2D eigenvalue weighted by Gasteiger charge is -2.24. The molecule has 1 saturated heterocycles. The van der Waals surface area contributed by atoms with E-state index in [1.807, 2.05) is 0 Å². The average Bonchev–Trinajstić information content (AvgIpc) is 2.87. The molecule has 24 heavy (non-hydrogen) atoms. The minimum Gasteiger partial charge on any atom is -0.484 e. The number of carbonyl (C=O) groups is 2. The highest BCUT2D eigenvalue weighted by atomic mass is 19.1. The van der Waals surface area contributed by atoms with Crippen LogP contribution in [0.2, 0.25) is 0 Å². The number of ether oxygens (including phenoxy) is 2. The van der Waals surface area contributed by atoms with Gasteiger partial charge < -0.3 is 19.7 Å². The molecule has 0 saturated carbocycles. The lowest BCUT2D eigenvalue weighted by molar-refractivity contribution is 0.0273. The highest BCUT2D eigenvalue weighted by Gasteiger charge is 2.39. The summed E-state index contributed by atoms with van der Waals surface area (Å²) in [5.74, 6) is 0.0169. The molecule has 0 aliphatic carbocycles. The van der Waals surface area contributed by atoms with Crippen molar-refractivity contribution in [3.63, 3.8) is 0 Å². The molecule has 1 aliphatic rings. The van der Waals surface area contributed by atoms with Crippen molar-refractivity contribution < 1.29 is 23.5 Å². The second-order valence-corrected chi connectivity index (χ2v) is 6.52. The van der Waals surface area contributed by atoms with Gasteiger partial charge in [-0.15, -0.1) is 0 Å². The fraction of sp³-hybridized carbons (Fsp3) is 0.562. The Morgan fingerprint density at radius 1 is 1.33 bits per heavy atom. The van der Waals surface area contributed by atoms with Gasteiger partial charge in [-0.2, -0.15) is 0 Å². The molecule has 2 amide bonds. The summed E-state index contributed by atoms with van der Waals surface area (Å²) in [6.45, 7) is 5.27. The van der Waals surface area contributed by atoms with Crippen LogP contribution in [0.25, 0.3) is 0 Å². The number of hydrogen-bond acceptors (Lipinski definition) is 5. The standard InChI is InChI=1S/C16H22FN3O4/c1-16(2,3)24-15(22)20-8-11(17)13(9-20)23-10-5-6-12(19-7-10)14(21)18-4/h5-7,11,13H,8-9H2,1-4H3,(H,18,21)/t11-,13-/m0/s1. The Labute approximate surface area is 140 Å². The lowest BCUT2D eigenvalue weighted by atomic mass is 10.2. The van der Waals surface area contributed by atoms with E-state index < -0.39 is 24.0 Å². The van der Waals surface area contributed by atoms with Gasteiger partial charge >= 0.3 is 6.09 Å². The molecular weight excluding hydrogens is 317 g/mol. The van der Waals surface area contributed by atoms with Crippen LogP contribution in [0.4, 0.5) is 9.18 Å². The Morgan fingerprint density at radius 3 is 2.58 bits per heavy atom. The van der Waals surface area contributed by atoms with Gasteiger partial charge in [-0.3, -0.25) is 4.79 Å². The van der Waals surface area contributed by atoms with Crippen LogP contribution in [-0.4, -0.2) is 59.9 Å². The van der Waals surface area contributed by atoms with Crippen LogP contribution in [-0.2, 0) is 4.74 Å². The molecular formula is C16H22FN3O4. The summed E-state index contributed by atoms with van der Waals surface area (Å²) in [5, 5.41) is 2.46. The van der Waals surface area contributed by atoms with Crippen molar-refractivity contribution in [3.8, 4) is 5.75 Å². The van der Waals surface area contributed by atoms with Crippen molar-refractivity contribution in [3.05, 3.63) is 24.0 Å². The maximum absolute atomic E-state index is 14.1. The average molecular weight is 339 g/mol. The van der Waals surface area contributed by atoms with Crippen LogP contribution in [0.1, 0.15) is 31.3 Å². The summed E-state index contributed by atoms with van der Waals surface area (Å²) in [6.07, 6.45) is -1.33. The van der Waals surface area contributed by atoms with Gasteiger partial charge in [0.15, 0.2) is 6.17 Å². The molecule has 8 heteroatoms. The van der Waals surface area contributed by atoms with Crippen molar-refractivity contribution >= 4 is 12.0 Å². The maximum Gasteiger partial charge on any atom is 0.410 e. The summed E-state index contributed by atoms with van der Waals surface area (Å²) in [7, 11) is 1.51. The molecule has 2 heterocycles. The minimum atomic E-state index is -1.32. The first kappa shape index (κ1) is 18.0.